The van der Waals surface area contributed by atoms with Gasteiger partial charge in [0, 0.05) is 41.5 Å². The highest BCUT2D eigenvalue weighted by atomic mass is 35.5. The second-order valence-electron chi connectivity index (χ2n) is 9.57. The number of halogens is 1. The van der Waals surface area contributed by atoms with Crippen LogP contribution in [0.15, 0.2) is 85.1 Å². The molecule has 0 saturated heterocycles. The Hall–Kier alpha value is -4.10. The van der Waals surface area contributed by atoms with Crippen molar-refractivity contribution in [2.45, 2.75) is 44.7 Å². The molecule has 0 aliphatic rings. The van der Waals surface area contributed by atoms with E-state index in [-0.39, 0.29) is 18.2 Å². The Morgan fingerprint density at radius 3 is 2.28 bits per heavy atom. The number of fused-ring (bicyclic) bond motifs is 1. The molecule has 4 N–H and O–H groups in total. The number of carbonyl (C=O) groups is 3. The Morgan fingerprint density at radius 2 is 1.51 bits per heavy atom. The Kier molecular flexibility index (Phi) is 9.75. The SMILES string of the molecule is C[C@H](NC(=O)CCc1ccc(Cl)cc1)C(=O)N[C@H](Cc1c[nH]c2ccccc12)C(=O)NCCc1ccccc1. The second kappa shape index (κ2) is 13.6. The summed E-state index contributed by atoms with van der Waals surface area (Å²) in [5, 5.41) is 10.2. The number of rotatable bonds is 12. The molecule has 7 nitrogen and oxygen atoms in total. The van der Waals surface area contributed by atoms with Crippen molar-refractivity contribution in [2.24, 2.45) is 0 Å². The Bertz CT molecular complexity index is 1400. The van der Waals surface area contributed by atoms with Crippen LogP contribution in [0, 0.1) is 0 Å². The topological polar surface area (TPSA) is 103 Å². The molecule has 0 bridgehead atoms. The molecule has 0 fully saturated rings. The molecule has 0 unspecified atom stereocenters. The van der Waals surface area contributed by atoms with E-state index in [0.717, 1.165) is 27.6 Å². The predicted molar refractivity (Wildman–Crippen MR) is 154 cm³/mol. The van der Waals surface area contributed by atoms with Crippen molar-refractivity contribution in [2.75, 3.05) is 6.54 Å². The van der Waals surface area contributed by atoms with Gasteiger partial charge in [-0.05, 0) is 54.7 Å². The lowest BCUT2D eigenvalue weighted by Gasteiger charge is -2.21. The van der Waals surface area contributed by atoms with Gasteiger partial charge in [-0.1, -0.05) is 72.3 Å². The van der Waals surface area contributed by atoms with Crippen molar-refractivity contribution in [3.63, 3.8) is 0 Å². The number of aryl methyl sites for hydroxylation is 1. The van der Waals surface area contributed by atoms with E-state index in [9.17, 15) is 14.4 Å². The zero-order valence-corrected chi connectivity index (χ0v) is 22.6. The molecule has 2 atom stereocenters. The molecule has 1 heterocycles. The minimum Gasteiger partial charge on any atom is -0.361 e. The molecule has 0 aliphatic heterocycles. The van der Waals surface area contributed by atoms with Crippen LogP contribution in [0.1, 0.15) is 30.0 Å². The molecule has 0 radical (unpaired) electrons. The van der Waals surface area contributed by atoms with Crippen molar-refractivity contribution in [3.05, 3.63) is 107 Å². The van der Waals surface area contributed by atoms with E-state index in [0.29, 0.717) is 30.8 Å². The van der Waals surface area contributed by atoms with Gasteiger partial charge in [0.05, 0.1) is 0 Å². The number of benzene rings is 3. The summed E-state index contributed by atoms with van der Waals surface area (Å²) in [6, 6.07) is 23.4. The maximum absolute atomic E-state index is 13.2. The first-order chi connectivity index (χ1) is 18.9. The first-order valence-corrected chi connectivity index (χ1v) is 13.5. The van der Waals surface area contributed by atoms with Crippen LogP contribution in [0.2, 0.25) is 5.02 Å². The van der Waals surface area contributed by atoms with E-state index in [1.807, 2.05) is 72.9 Å². The van der Waals surface area contributed by atoms with E-state index < -0.39 is 18.0 Å². The zero-order chi connectivity index (χ0) is 27.6. The Labute approximate surface area is 233 Å². The maximum Gasteiger partial charge on any atom is 0.242 e. The molecule has 3 aromatic carbocycles. The second-order valence-corrected chi connectivity index (χ2v) is 10.0. The van der Waals surface area contributed by atoms with Crippen molar-refractivity contribution >= 4 is 40.2 Å². The van der Waals surface area contributed by atoms with Gasteiger partial charge in [-0.3, -0.25) is 14.4 Å². The van der Waals surface area contributed by atoms with Crippen molar-refractivity contribution < 1.29 is 14.4 Å². The minimum absolute atomic E-state index is 0.234. The lowest BCUT2D eigenvalue weighted by atomic mass is 10.0. The van der Waals surface area contributed by atoms with Crippen LogP contribution in [0.5, 0.6) is 0 Å². The summed E-state index contributed by atoms with van der Waals surface area (Å²) >= 11 is 5.92. The summed E-state index contributed by atoms with van der Waals surface area (Å²) in [5.74, 6) is -0.934. The fourth-order valence-corrected chi connectivity index (χ4v) is 4.54. The smallest absolute Gasteiger partial charge is 0.242 e. The Morgan fingerprint density at radius 1 is 0.821 bits per heavy atom. The minimum atomic E-state index is -0.805. The van der Waals surface area contributed by atoms with Gasteiger partial charge in [0.25, 0.3) is 0 Å². The van der Waals surface area contributed by atoms with E-state index in [1.54, 1.807) is 19.1 Å². The number of aromatic amines is 1. The van der Waals surface area contributed by atoms with E-state index >= 15 is 0 Å². The molecule has 4 rings (SSSR count). The van der Waals surface area contributed by atoms with Crippen LogP contribution < -0.4 is 16.0 Å². The predicted octanol–water partition coefficient (Wildman–Crippen LogP) is 4.35. The third-order valence-corrected chi connectivity index (χ3v) is 6.86. The summed E-state index contributed by atoms with van der Waals surface area (Å²) in [7, 11) is 0. The number of hydrogen-bond donors (Lipinski definition) is 4. The molecule has 0 spiro atoms. The number of amides is 3. The van der Waals surface area contributed by atoms with Crippen LogP contribution in [-0.4, -0.2) is 41.3 Å². The molecule has 3 amide bonds. The summed E-state index contributed by atoms with van der Waals surface area (Å²) in [5.41, 5.74) is 3.99. The average Bonchev–Trinajstić information content (AvgIpc) is 3.35. The van der Waals surface area contributed by atoms with Crippen LogP contribution in [-0.2, 0) is 33.6 Å². The number of carbonyl (C=O) groups excluding carboxylic acids is 3. The normalized spacial score (nSPS) is 12.5. The van der Waals surface area contributed by atoms with Crippen molar-refractivity contribution in [1.29, 1.82) is 0 Å². The van der Waals surface area contributed by atoms with Gasteiger partial charge in [-0.2, -0.15) is 0 Å². The number of hydrogen-bond acceptors (Lipinski definition) is 3. The van der Waals surface area contributed by atoms with Crippen LogP contribution >= 0.6 is 11.6 Å². The molecule has 1 aromatic heterocycles. The first-order valence-electron chi connectivity index (χ1n) is 13.1. The van der Waals surface area contributed by atoms with E-state index in [4.69, 9.17) is 11.6 Å². The Balaban J connectivity index is 1.37. The molecule has 202 valence electrons. The van der Waals surface area contributed by atoms with Gasteiger partial charge < -0.3 is 20.9 Å². The molecule has 39 heavy (non-hydrogen) atoms. The van der Waals surface area contributed by atoms with Crippen molar-refractivity contribution in [3.8, 4) is 0 Å². The summed E-state index contributed by atoms with van der Waals surface area (Å²) in [6.45, 7) is 2.06. The number of H-pyrrole nitrogens is 1. The fourth-order valence-electron chi connectivity index (χ4n) is 4.41. The molecule has 8 heteroatoms. The lowest BCUT2D eigenvalue weighted by Crippen LogP contribution is -2.53. The summed E-state index contributed by atoms with van der Waals surface area (Å²) in [4.78, 5) is 42.0. The highest BCUT2D eigenvalue weighted by Gasteiger charge is 2.25. The maximum atomic E-state index is 13.2. The molecule has 0 aliphatic carbocycles. The van der Waals surface area contributed by atoms with Gasteiger partial charge in [-0.25, -0.2) is 0 Å². The molecule has 0 saturated carbocycles. The first kappa shape index (κ1) is 27.9. The average molecular weight is 545 g/mol. The van der Waals surface area contributed by atoms with Crippen LogP contribution in [0.25, 0.3) is 10.9 Å². The van der Waals surface area contributed by atoms with E-state index in [1.165, 1.54) is 0 Å². The third kappa shape index (κ3) is 8.19. The highest BCUT2D eigenvalue weighted by molar-refractivity contribution is 6.30. The quantitative estimate of drug-likeness (QED) is 0.213. The van der Waals surface area contributed by atoms with Gasteiger partial charge in [0.1, 0.15) is 12.1 Å². The molecular formula is C31H33ClN4O3. The number of aromatic nitrogens is 1. The number of para-hydroxylation sites is 1. The summed E-state index contributed by atoms with van der Waals surface area (Å²) < 4.78 is 0. The fraction of sp³-hybridized carbons (Fsp3) is 0.258. The van der Waals surface area contributed by atoms with Crippen LogP contribution in [0.4, 0.5) is 0 Å². The monoisotopic (exact) mass is 544 g/mol. The van der Waals surface area contributed by atoms with Gasteiger partial charge in [0.2, 0.25) is 17.7 Å². The number of nitrogens with one attached hydrogen (secondary N) is 4. The van der Waals surface area contributed by atoms with E-state index in [2.05, 4.69) is 20.9 Å². The third-order valence-electron chi connectivity index (χ3n) is 6.61. The summed E-state index contributed by atoms with van der Waals surface area (Å²) in [6.07, 6.45) is 3.62. The largest absolute Gasteiger partial charge is 0.361 e. The molecular weight excluding hydrogens is 512 g/mol. The van der Waals surface area contributed by atoms with Gasteiger partial charge in [0.15, 0.2) is 0 Å². The van der Waals surface area contributed by atoms with Crippen LogP contribution in [0.3, 0.4) is 0 Å². The standard InChI is InChI=1S/C31H33ClN4O3/c1-21(35-29(37)16-13-23-11-14-25(32)15-12-23)30(38)36-28(19-24-20-34-27-10-6-5-9-26(24)27)31(39)33-18-17-22-7-3-2-4-8-22/h2-12,14-15,20-21,28,34H,13,16-19H2,1H3,(H,33,39)(H,35,37)(H,36,38)/t21-,28+/m0/s1. The highest BCUT2D eigenvalue weighted by Crippen LogP contribution is 2.19. The van der Waals surface area contributed by atoms with Crippen molar-refractivity contribution in [1.82, 2.24) is 20.9 Å². The van der Waals surface area contributed by atoms with Gasteiger partial charge >= 0.3 is 0 Å². The molecule has 4 aromatic rings. The van der Waals surface area contributed by atoms with Gasteiger partial charge in [-0.15, -0.1) is 0 Å². The lowest BCUT2D eigenvalue weighted by molar-refractivity contribution is -0.131. The zero-order valence-electron chi connectivity index (χ0n) is 21.9.